The molecule has 1 amide bonds. The molecule has 13 heteroatoms. The molecule has 11 nitrogen and oxygen atoms in total. The van der Waals surface area contributed by atoms with Gasteiger partial charge in [0, 0.05) is 0 Å². The molecule has 2 heterocycles. The molecule has 0 aliphatic heterocycles. The number of amides is 1. The van der Waals surface area contributed by atoms with Gasteiger partial charge in [-0.3, -0.25) is 4.79 Å². The summed E-state index contributed by atoms with van der Waals surface area (Å²) in [6.45, 7) is 3.73. The summed E-state index contributed by atoms with van der Waals surface area (Å²) in [5.41, 5.74) is 9.29. The highest BCUT2D eigenvalue weighted by molar-refractivity contribution is 9.11. The van der Waals surface area contributed by atoms with Crippen molar-refractivity contribution in [3.63, 3.8) is 0 Å². The van der Waals surface area contributed by atoms with Crippen molar-refractivity contribution >= 4 is 49.8 Å². The first-order valence-corrected chi connectivity index (χ1v) is 9.43. The number of carbonyl (C=O) groups is 1. The fourth-order valence-electron chi connectivity index (χ4n) is 2.34. The summed E-state index contributed by atoms with van der Waals surface area (Å²) in [5.74, 6) is -0.434. The Bertz CT molecular complexity index is 1040. The van der Waals surface area contributed by atoms with E-state index in [1.54, 1.807) is 12.1 Å². The van der Waals surface area contributed by atoms with Crippen molar-refractivity contribution in [3.8, 4) is 11.6 Å². The Morgan fingerprint density at radius 3 is 2.61 bits per heavy atom. The highest BCUT2D eigenvalue weighted by Gasteiger charge is 2.25. The maximum Gasteiger partial charge on any atom is 0.293 e. The van der Waals surface area contributed by atoms with Gasteiger partial charge in [0.05, 0.1) is 20.9 Å². The van der Waals surface area contributed by atoms with Crippen LogP contribution in [0, 0.1) is 0 Å². The van der Waals surface area contributed by atoms with E-state index in [4.69, 9.17) is 5.73 Å². The number of carbonyl (C=O) groups excluding carboxylic acids is 1. The lowest BCUT2D eigenvalue weighted by atomic mass is 10.1. The van der Waals surface area contributed by atoms with Gasteiger partial charge in [-0.25, -0.2) is 10.1 Å². The summed E-state index contributed by atoms with van der Waals surface area (Å²) in [4.78, 5) is 12.5. The van der Waals surface area contributed by atoms with Crippen LogP contribution in [-0.4, -0.2) is 42.5 Å². The highest BCUT2D eigenvalue weighted by Crippen LogP contribution is 2.32. The minimum Gasteiger partial charge on any atom is -0.506 e. The number of nitrogens with one attached hydrogen (secondary N) is 1. The van der Waals surface area contributed by atoms with Crippen molar-refractivity contribution < 1.29 is 14.5 Å². The Morgan fingerprint density at radius 2 is 2.04 bits per heavy atom. The topological polar surface area (TPSA) is 157 Å². The van der Waals surface area contributed by atoms with Gasteiger partial charge in [0.25, 0.3) is 5.91 Å². The molecular formula is C15H14Br2N8O3. The first-order chi connectivity index (χ1) is 13.3. The molecule has 0 spiro atoms. The van der Waals surface area contributed by atoms with Crippen molar-refractivity contribution in [3.05, 3.63) is 38.0 Å². The number of nitrogen functional groups attached to an aromatic ring is 1. The Morgan fingerprint density at radius 1 is 1.36 bits per heavy atom. The lowest BCUT2D eigenvalue weighted by Crippen LogP contribution is -2.21. The number of phenolic OH excluding ortho intramolecular Hbond substituents is 1. The van der Waals surface area contributed by atoms with Gasteiger partial charge in [-0.05, 0) is 65.8 Å². The van der Waals surface area contributed by atoms with Crippen LogP contribution in [0.25, 0.3) is 5.82 Å². The highest BCUT2D eigenvalue weighted by atomic mass is 79.9. The van der Waals surface area contributed by atoms with Crippen molar-refractivity contribution in [1.82, 2.24) is 30.7 Å². The number of hydrogen-bond acceptors (Lipinski definition) is 9. The molecule has 0 aliphatic rings. The molecule has 0 atom stereocenters. The molecule has 3 rings (SSSR count). The monoisotopic (exact) mass is 512 g/mol. The van der Waals surface area contributed by atoms with E-state index >= 15 is 0 Å². The standard InChI is InChI=1S/C15H14Br2N8O3/c1-6(2)11-10(20-24-25(11)14-13(18)22-28-23-14)15(27)21-19-5-7-3-8(16)12(26)9(17)4-7/h3-6,26H,1-2H3,(H2,18,22)(H,21,27)/b19-5+. The Kier molecular flexibility index (Phi) is 5.74. The van der Waals surface area contributed by atoms with Gasteiger partial charge < -0.3 is 10.8 Å². The normalized spacial score (nSPS) is 11.5. The maximum atomic E-state index is 12.5. The molecule has 4 N–H and O–H groups in total. The number of benzene rings is 1. The average Bonchev–Trinajstić information content (AvgIpc) is 3.25. The lowest BCUT2D eigenvalue weighted by Gasteiger charge is -2.08. The molecule has 28 heavy (non-hydrogen) atoms. The van der Waals surface area contributed by atoms with Crippen LogP contribution in [0.3, 0.4) is 0 Å². The summed E-state index contributed by atoms with van der Waals surface area (Å²) in [5, 5.41) is 28.7. The van der Waals surface area contributed by atoms with E-state index in [1.807, 2.05) is 13.8 Å². The van der Waals surface area contributed by atoms with E-state index in [-0.39, 0.29) is 29.0 Å². The average molecular weight is 514 g/mol. The van der Waals surface area contributed by atoms with Crippen LogP contribution >= 0.6 is 31.9 Å². The third-order valence-electron chi connectivity index (χ3n) is 3.58. The molecule has 1 aromatic carbocycles. The fourth-order valence-corrected chi connectivity index (χ4v) is 3.56. The van der Waals surface area contributed by atoms with E-state index in [9.17, 15) is 9.90 Å². The summed E-state index contributed by atoms with van der Waals surface area (Å²) >= 11 is 6.46. The predicted molar refractivity (Wildman–Crippen MR) is 106 cm³/mol. The molecule has 0 radical (unpaired) electrons. The van der Waals surface area contributed by atoms with E-state index in [0.29, 0.717) is 20.2 Å². The summed E-state index contributed by atoms with van der Waals surface area (Å²) in [6, 6.07) is 3.29. The zero-order valence-corrected chi connectivity index (χ0v) is 17.8. The number of aromatic hydroxyl groups is 1. The number of halogens is 2. The van der Waals surface area contributed by atoms with Crippen molar-refractivity contribution in [2.45, 2.75) is 19.8 Å². The minimum atomic E-state index is -0.557. The van der Waals surface area contributed by atoms with Gasteiger partial charge in [-0.1, -0.05) is 19.1 Å². The first-order valence-electron chi connectivity index (χ1n) is 7.85. The molecule has 146 valence electrons. The molecule has 0 fully saturated rings. The number of rotatable bonds is 5. The van der Waals surface area contributed by atoms with Gasteiger partial charge in [0.1, 0.15) is 5.75 Å². The number of nitrogens with zero attached hydrogens (tertiary/aromatic N) is 6. The zero-order chi connectivity index (χ0) is 20.4. The van der Waals surface area contributed by atoms with E-state index in [1.165, 1.54) is 10.9 Å². The Balaban J connectivity index is 1.83. The molecule has 0 saturated carbocycles. The molecular weight excluding hydrogens is 500 g/mol. The van der Waals surface area contributed by atoms with E-state index in [2.05, 4.69) is 67.6 Å². The maximum absolute atomic E-state index is 12.5. The SMILES string of the molecule is CC(C)c1c(C(=O)N/N=C/c2cc(Br)c(O)c(Br)c2)nnn1-c1nonc1N. The van der Waals surface area contributed by atoms with Crippen LogP contribution in [0.15, 0.2) is 30.8 Å². The predicted octanol–water partition coefficient (Wildman–Crippen LogP) is 2.35. The van der Waals surface area contributed by atoms with Gasteiger partial charge in [0.2, 0.25) is 11.6 Å². The van der Waals surface area contributed by atoms with Crippen molar-refractivity contribution in [2.24, 2.45) is 5.10 Å². The van der Waals surface area contributed by atoms with Gasteiger partial charge >= 0.3 is 0 Å². The molecule has 0 saturated heterocycles. The summed E-state index contributed by atoms with van der Waals surface area (Å²) in [6.07, 6.45) is 1.42. The second kappa shape index (κ2) is 8.06. The largest absolute Gasteiger partial charge is 0.506 e. The van der Waals surface area contributed by atoms with Crippen LogP contribution in [0.2, 0.25) is 0 Å². The quantitative estimate of drug-likeness (QED) is 0.346. The fraction of sp³-hybridized carbons (Fsp3) is 0.200. The van der Waals surface area contributed by atoms with Gasteiger partial charge in [-0.15, -0.1) is 5.10 Å². The van der Waals surface area contributed by atoms with Crippen LogP contribution < -0.4 is 11.2 Å². The third kappa shape index (κ3) is 3.89. The van der Waals surface area contributed by atoms with Crippen molar-refractivity contribution in [2.75, 3.05) is 5.73 Å². The summed E-state index contributed by atoms with van der Waals surface area (Å²) < 4.78 is 6.86. The number of nitrogens with two attached hydrogens (primary N) is 1. The number of phenols is 1. The smallest absolute Gasteiger partial charge is 0.293 e. The van der Waals surface area contributed by atoms with Crippen LogP contribution in [-0.2, 0) is 0 Å². The number of hydrazone groups is 1. The minimum absolute atomic E-state index is 0.0280. The number of hydrogen-bond donors (Lipinski definition) is 3. The second-order valence-electron chi connectivity index (χ2n) is 5.90. The van der Waals surface area contributed by atoms with Crippen LogP contribution in [0.1, 0.15) is 41.5 Å². The van der Waals surface area contributed by atoms with Crippen LogP contribution in [0.5, 0.6) is 5.75 Å². The molecule has 2 aromatic heterocycles. The summed E-state index contributed by atoms with van der Waals surface area (Å²) in [7, 11) is 0. The van der Waals surface area contributed by atoms with Gasteiger partial charge in [0.15, 0.2) is 5.69 Å². The zero-order valence-electron chi connectivity index (χ0n) is 14.6. The number of aromatic nitrogens is 5. The molecule has 3 aromatic rings. The van der Waals surface area contributed by atoms with Crippen molar-refractivity contribution in [1.29, 1.82) is 0 Å². The Labute approximate surface area is 175 Å². The third-order valence-corrected chi connectivity index (χ3v) is 4.79. The van der Waals surface area contributed by atoms with E-state index in [0.717, 1.165) is 0 Å². The second-order valence-corrected chi connectivity index (χ2v) is 7.60. The molecule has 0 bridgehead atoms. The van der Waals surface area contributed by atoms with Gasteiger partial charge in [-0.2, -0.15) is 9.78 Å². The molecule has 0 unspecified atom stereocenters. The number of anilines is 1. The first kappa shape index (κ1) is 19.9. The van der Waals surface area contributed by atoms with Crippen LogP contribution in [0.4, 0.5) is 5.82 Å². The Hall–Kier alpha value is -2.80. The lowest BCUT2D eigenvalue weighted by molar-refractivity contribution is 0.0948. The molecule has 0 aliphatic carbocycles. The van der Waals surface area contributed by atoms with E-state index < -0.39 is 5.91 Å².